The number of fused-ring (bicyclic) bond motifs is 1. The van der Waals surface area contributed by atoms with Crippen LogP contribution in [0.2, 0.25) is 0 Å². The van der Waals surface area contributed by atoms with Crippen molar-refractivity contribution < 1.29 is 9.59 Å². The number of anilines is 1. The summed E-state index contributed by atoms with van der Waals surface area (Å²) in [5, 5.41) is 6.70. The molecule has 28 heavy (non-hydrogen) atoms. The fraction of sp³-hybridized carbons (Fsp3) is 0.227. The molecule has 0 bridgehead atoms. The van der Waals surface area contributed by atoms with Gasteiger partial charge in [0.25, 0.3) is 5.91 Å². The minimum absolute atomic E-state index is 0.243. The maximum Gasteiger partial charge on any atom is 0.251 e. The van der Waals surface area contributed by atoms with Gasteiger partial charge in [-0.1, -0.05) is 35.9 Å². The molecule has 0 aliphatic carbocycles. The Bertz CT molecular complexity index is 990. The minimum atomic E-state index is -0.619. The third-order valence-electron chi connectivity index (χ3n) is 4.37. The molecule has 144 valence electrons. The van der Waals surface area contributed by atoms with Crippen LogP contribution in [0.5, 0.6) is 0 Å². The van der Waals surface area contributed by atoms with Gasteiger partial charge in [0.2, 0.25) is 5.91 Å². The van der Waals surface area contributed by atoms with Gasteiger partial charge >= 0.3 is 0 Å². The maximum absolute atomic E-state index is 12.8. The number of nitrogens with one attached hydrogen (secondary N) is 2. The summed E-state index contributed by atoms with van der Waals surface area (Å²) < 4.78 is 0. The first-order valence-corrected chi connectivity index (χ1v) is 10.5. The topological polar surface area (TPSA) is 71.1 Å². The molecule has 2 aromatic carbocycles. The van der Waals surface area contributed by atoms with Crippen molar-refractivity contribution in [1.29, 1.82) is 0 Å². The van der Waals surface area contributed by atoms with Gasteiger partial charge in [-0.25, -0.2) is 0 Å². The average molecular weight is 394 g/mol. The van der Waals surface area contributed by atoms with E-state index in [1.165, 1.54) is 0 Å². The van der Waals surface area contributed by atoms with E-state index in [0.29, 0.717) is 17.7 Å². The van der Waals surface area contributed by atoms with Gasteiger partial charge in [-0.05, 0) is 49.6 Å². The second-order valence-electron chi connectivity index (χ2n) is 6.58. The summed E-state index contributed by atoms with van der Waals surface area (Å²) in [6.07, 6.45) is 4.16. The van der Waals surface area contributed by atoms with E-state index in [1.807, 2.05) is 61.7 Å². The van der Waals surface area contributed by atoms with Gasteiger partial charge in [0.05, 0.1) is 17.4 Å². The highest BCUT2D eigenvalue weighted by Gasteiger charge is 2.21. The molecular weight excluding hydrogens is 370 g/mol. The van der Waals surface area contributed by atoms with Gasteiger partial charge in [-0.3, -0.25) is 14.6 Å². The van der Waals surface area contributed by atoms with Crippen molar-refractivity contribution in [3.63, 3.8) is 0 Å². The molecular formula is C22H23N3O2S. The summed E-state index contributed by atoms with van der Waals surface area (Å²) >= 11 is 1.64. The van der Waals surface area contributed by atoms with Crippen molar-refractivity contribution in [1.82, 2.24) is 10.3 Å². The highest BCUT2D eigenvalue weighted by molar-refractivity contribution is 7.98. The van der Waals surface area contributed by atoms with Crippen LogP contribution in [0, 0.1) is 6.92 Å². The minimum Gasteiger partial charge on any atom is -0.340 e. The van der Waals surface area contributed by atoms with E-state index in [9.17, 15) is 9.59 Å². The standard InChI is InChI=1S/C22H23N3O2S/c1-15-6-5-8-17(12-15)21(26)25-20(10-11-28-2)22(27)24-18-13-16-7-3-4-9-19(16)23-14-18/h3-9,12-14,20H,10-11H2,1-2H3,(H,24,27)(H,25,26). The Kier molecular flexibility index (Phi) is 6.66. The third-order valence-corrected chi connectivity index (χ3v) is 5.01. The fourth-order valence-corrected chi connectivity index (χ4v) is 3.37. The Hall–Kier alpha value is -2.86. The zero-order valence-corrected chi connectivity index (χ0v) is 16.8. The molecule has 3 aromatic rings. The van der Waals surface area contributed by atoms with Gasteiger partial charge in [0.15, 0.2) is 0 Å². The summed E-state index contributed by atoms with van der Waals surface area (Å²) in [6, 6.07) is 16.3. The number of carbonyl (C=O) groups is 2. The first kappa shape index (κ1) is 19.9. The second kappa shape index (κ2) is 9.37. The predicted molar refractivity (Wildman–Crippen MR) is 116 cm³/mol. The van der Waals surface area contributed by atoms with Crippen molar-refractivity contribution in [2.45, 2.75) is 19.4 Å². The first-order chi connectivity index (χ1) is 13.6. The van der Waals surface area contributed by atoms with E-state index in [4.69, 9.17) is 0 Å². The average Bonchev–Trinajstić information content (AvgIpc) is 2.70. The van der Waals surface area contributed by atoms with E-state index < -0.39 is 6.04 Å². The Labute approximate surface area is 168 Å². The molecule has 1 heterocycles. The van der Waals surface area contributed by atoms with Crippen molar-refractivity contribution in [2.75, 3.05) is 17.3 Å². The molecule has 6 heteroatoms. The molecule has 5 nitrogen and oxygen atoms in total. The van der Waals surface area contributed by atoms with E-state index in [2.05, 4.69) is 15.6 Å². The molecule has 0 radical (unpaired) electrons. The lowest BCUT2D eigenvalue weighted by Crippen LogP contribution is -2.44. The van der Waals surface area contributed by atoms with Crippen LogP contribution in [0.1, 0.15) is 22.3 Å². The predicted octanol–water partition coefficient (Wildman–Crippen LogP) is 4.03. The summed E-state index contributed by atoms with van der Waals surface area (Å²) in [5.74, 6) is 0.274. The number of hydrogen-bond acceptors (Lipinski definition) is 4. The number of hydrogen-bond donors (Lipinski definition) is 2. The van der Waals surface area contributed by atoms with Crippen molar-refractivity contribution in [3.05, 3.63) is 71.9 Å². The summed E-state index contributed by atoms with van der Waals surface area (Å²) in [7, 11) is 0. The molecule has 3 rings (SSSR count). The van der Waals surface area contributed by atoms with Crippen LogP contribution in [0.3, 0.4) is 0 Å². The van der Waals surface area contributed by atoms with E-state index in [0.717, 1.165) is 22.2 Å². The molecule has 1 aromatic heterocycles. The second-order valence-corrected chi connectivity index (χ2v) is 7.57. The molecule has 0 saturated heterocycles. The molecule has 0 spiro atoms. The molecule has 0 aliphatic heterocycles. The van der Waals surface area contributed by atoms with Crippen LogP contribution in [0.15, 0.2) is 60.8 Å². The lowest BCUT2D eigenvalue weighted by molar-refractivity contribution is -0.118. The molecule has 0 saturated carbocycles. The molecule has 0 fully saturated rings. The van der Waals surface area contributed by atoms with Crippen LogP contribution in [0.4, 0.5) is 5.69 Å². The first-order valence-electron chi connectivity index (χ1n) is 9.09. The zero-order valence-electron chi connectivity index (χ0n) is 15.9. The van der Waals surface area contributed by atoms with Crippen molar-refractivity contribution in [2.24, 2.45) is 0 Å². The van der Waals surface area contributed by atoms with Crippen LogP contribution >= 0.6 is 11.8 Å². The number of pyridine rings is 1. The SMILES string of the molecule is CSCCC(NC(=O)c1cccc(C)c1)C(=O)Nc1cnc2ccccc2c1. The van der Waals surface area contributed by atoms with Gasteiger partial charge in [-0.2, -0.15) is 11.8 Å². The number of thioether (sulfide) groups is 1. The van der Waals surface area contributed by atoms with Gasteiger partial charge in [0, 0.05) is 10.9 Å². The number of aryl methyl sites for hydroxylation is 1. The summed E-state index contributed by atoms with van der Waals surface area (Å²) in [5.41, 5.74) is 3.03. The zero-order chi connectivity index (χ0) is 19.9. The molecule has 2 N–H and O–H groups in total. The number of carbonyl (C=O) groups excluding carboxylic acids is 2. The van der Waals surface area contributed by atoms with E-state index in [1.54, 1.807) is 24.0 Å². The van der Waals surface area contributed by atoms with Gasteiger partial charge in [0.1, 0.15) is 6.04 Å². The van der Waals surface area contributed by atoms with E-state index in [-0.39, 0.29) is 11.8 Å². The number of nitrogens with zero attached hydrogens (tertiary/aromatic N) is 1. The Morgan fingerprint density at radius 2 is 1.93 bits per heavy atom. The highest BCUT2D eigenvalue weighted by Crippen LogP contribution is 2.17. The van der Waals surface area contributed by atoms with Crippen LogP contribution in [-0.4, -0.2) is 34.8 Å². The maximum atomic E-state index is 12.8. The summed E-state index contributed by atoms with van der Waals surface area (Å²) in [4.78, 5) is 29.8. The fourth-order valence-electron chi connectivity index (χ4n) is 2.90. The van der Waals surface area contributed by atoms with E-state index >= 15 is 0 Å². The van der Waals surface area contributed by atoms with Crippen LogP contribution in [-0.2, 0) is 4.79 Å². The number of para-hydroxylation sites is 1. The molecule has 2 amide bonds. The van der Waals surface area contributed by atoms with Crippen molar-refractivity contribution in [3.8, 4) is 0 Å². The van der Waals surface area contributed by atoms with Crippen LogP contribution in [0.25, 0.3) is 10.9 Å². The largest absolute Gasteiger partial charge is 0.340 e. The third kappa shape index (κ3) is 5.10. The Morgan fingerprint density at radius 1 is 1.11 bits per heavy atom. The van der Waals surface area contributed by atoms with Crippen LogP contribution < -0.4 is 10.6 Å². The number of benzene rings is 2. The molecule has 1 atom stereocenters. The number of rotatable bonds is 7. The highest BCUT2D eigenvalue weighted by atomic mass is 32.2. The number of amides is 2. The van der Waals surface area contributed by atoms with Gasteiger partial charge < -0.3 is 10.6 Å². The lowest BCUT2D eigenvalue weighted by atomic mass is 10.1. The monoisotopic (exact) mass is 393 g/mol. The number of aromatic nitrogens is 1. The quantitative estimate of drug-likeness (QED) is 0.636. The van der Waals surface area contributed by atoms with Crippen molar-refractivity contribution >= 4 is 40.2 Å². The normalized spacial score (nSPS) is 11.8. The molecule has 0 aliphatic rings. The Balaban J connectivity index is 1.73. The molecule has 1 unspecified atom stereocenters. The summed E-state index contributed by atoms with van der Waals surface area (Å²) in [6.45, 7) is 1.93. The Morgan fingerprint density at radius 3 is 2.71 bits per heavy atom. The lowest BCUT2D eigenvalue weighted by Gasteiger charge is -2.18. The smallest absolute Gasteiger partial charge is 0.251 e. The van der Waals surface area contributed by atoms with Gasteiger partial charge in [-0.15, -0.1) is 0 Å².